The number of ether oxygens (including phenoxy) is 3. The van der Waals surface area contributed by atoms with Gasteiger partial charge in [0.25, 0.3) is 0 Å². The molecule has 1 heterocycles. The Hall–Kier alpha value is -2.35. The van der Waals surface area contributed by atoms with E-state index < -0.39 is 41.7 Å². The fourth-order valence-electron chi connectivity index (χ4n) is 5.60. The molecule has 1 aliphatic heterocycles. The smallest absolute Gasteiger partial charge is 0.429 e. The van der Waals surface area contributed by atoms with Crippen LogP contribution in [-0.4, -0.2) is 19.6 Å². The van der Waals surface area contributed by atoms with E-state index in [1.165, 1.54) is 25.3 Å². The van der Waals surface area contributed by atoms with Crippen molar-refractivity contribution >= 4 is 0 Å². The zero-order valence-electron chi connectivity index (χ0n) is 20.5. The van der Waals surface area contributed by atoms with E-state index in [9.17, 15) is 22.0 Å². The van der Waals surface area contributed by atoms with E-state index in [2.05, 4.69) is 16.4 Å². The molecular formula is C28H33F5O3. The monoisotopic (exact) mass is 512 g/mol. The van der Waals surface area contributed by atoms with Crippen molar-refractivity contribution in [2.24, 2.45) is 11.8 Å². The zero-order valence-corrected chi connectivity index (χ0v) is 20.5. The highest BCUT2D eigenvalue weighted by Gasteiger charge is 2.39. The molecule has 2 unspecified atom stereocenters. The van der Waals surface area contributed by atoms with Crippen LogP contribution in [0, 0.1) is 23.5 Å². The lowest BCUT2D eigenvalue weighted by atomic mass is 9.75. The maximum absolute atomic E-state index is 14.8. The van der Waals surface area contributed by atoms with Gasteiger partial charge in [-0.3, -0.25) is 0 Å². The molecule has 4 rings (SSSR count). The second kappa shape index (κ2) is 11.8. The summed E-state index contributed by atoms with van der Waals surface area (Å²) in [6.07, 6.45) is 4.64. The Bertz CT molecular complexity index is 999. The van der Waals surface area contributed by atoms with Gasteiger partial charge in [-0.15, -0.1) is 0 Å². The van der Waals surface area contributed by atoms with Crippen LogP contribution in [0.25, 0.3) is 0 Å². The van der Waals surface area contributed by atoms with E-state index in [1.807, 2.05) is 0 Å². The topological polar surface area (TPSA) is 27.7 Å². The van der Waals surface area contributed by atoms with Gasteiger partial charge in [-0.25, -0.2) is 13.2 Å². The predicted octanol–water partition coefficient (Wildman–Crippen LogP) is 8.27. The summed E-state index contributed by atoms with van der Waals surface area (Å²) in [5.74, 6) is -1.84. The van der Waals surface area contributed by atoms with E-state index in [1.54, 1.807) is 0 Å². The Labute approximate surface area is 208 Å². The summed E-state index contributed by atoms with van der Waals surface area (Å²) in [6, 6.07) is 6.33. The first-order chi connectivity index (χ1) is 17.3. The molecule has 0 spiro atoms. The highest BCUT2D eigenvalue weighted by atomic mass is 19.3. The Morgan fingerprint density at radius 2 is 1.72 bits per heavy atom. The third kappa shape index (κ3) is 6.31. The summed E-state index contributed by atoms with van der Waals surface area (Å²) in [7, 11) is 0. The van der Waals surface area contributed by atoms with E-state index in [-0.39, 0.29) is 12.0 Å². The SMILES string of the molecule is CCCC1CCC(C2CCC(c3ccc(C(F)(F)Oc4ccc(OCF)c(F)c4)c(F)c3)CC2)OC1. The molecule has 2 atom stereocenters. The second-order valence-electron chi connectivity index (χ2n) is 9.92. The molecule has 198 valence electrons. The molecule has 0 aromatic heterocycles. The lowest BCUT2D eigenvalue weighted by molar-refractivity contribution is -0.187. The van der Waals surface area contributed by atoms with Crippen molar-refractivity contribution in [2.75, 3.05) is 13.5 Å². The molecule has 2 aliphatic rings. The molecule has 1 saturated carbocycles. The Kier molecular flexibility index (Phi) is 8.75. The van der Waals surface area contributed by atoms with Crippen molar-refractivity contribution < 1.29 is 36.2 Å². The van der Waals surface area contributed by atoms with E-state index in [0.717, 1.165) is 63.0 Å². The standard InChI is InChI=1S/C28H33F5O3/c1-2-3-18-4-12-26(34-16-18)20-7-5-19(6-8-20)21-9-11-23(24(30)14-21)28(32,33)36-22-10-13-27(35-17-29)25(31)15-22/h9-11,13-15,18-20,26H,2-8,12,16-17H2,1H3. The van der Waals surface area contributed by atoms with Crippen molar-refractivity contribution in [3.8, 4) is 11.5 Å². The van der Waals surface area contributed by atoms with Crippen LogP contribution >= 0.6 is 0 Å². The van der Waals surface area contributed by atoms with E-state index >= 15 is 0 Å². The predicted molar refractivity (Wildman–Crippen MR) is 126 cm³/mol. The molecule has 1 aliphatic carbocycles. The van der Waals surface area contributed by atoms with E-state index in [0.29, 0.717) is 23.5 Å². The summed E-state index contributed by atoms with van der Waals surface area (Å²) < 4.78 is 85.4. The van der Waals surface area contributed by atoms with Crippen LogP contribution in [-0.2, 0) is 10.8 Å². The minimum Gasteiger partial charge on any atom is -0.460 e. The molecule has 3 nitrogen and oxygen atoms in total. The van der Waals surface area contributed by atoms with Crippen LogP contribution in [0.5, 0.6) is 11.5 Å². The average molecular weight is 513 g/mol. The molecule has 0 radical (unpaired) electrons. The van der Waals surface area contributed by atoms with Crippen molar-refractivity contribution in [1.82, 2.24) is 0 Å². The highest BCUT2D eigenvalue weighted by molar-refractivity contribution is 5.35. The van der Waals surface area contributed by atoms with E-state index in [4.69, 9.17) is 4.74 Å². The van der Waals surface area contributed by atoms with Gasteiger partial charge in [0.2, 0.25) is 6.86 Å². The summed E-state index contributed by atoms with van der Waals surface area (Å²) in [5, 5.41) is 0. The first-order valence-corrected chi connectivity index (χ1v) is 12.8. The van der Waals surface area contributed by atoms with Gasteiger partial charge in [-0.05, 0) is 92.5 Å². The van der Waals surface area contributed by atoms with Crippen molar-refractivity contribution in [3.05, 3.63) is 59.2 Å². The van der Waals surface area contributed by atoms with Crippen LogP contribution in [0.3, 0.4) is 0 Å². The normalized spacial score (nSPS) is 24.9. The van der Waals surface area contributed by atoms with Gasteiger partial charge >= 0.3 is 6.11 Å². The summed E-state index contributed by atoms with van der Waals surface area (Å²) in [5.41, 5.74) is -0.237. The number of rotatable bonds is 9. The van der Waals surface area contributed by atoms with Crippen molar-refractivity contribution in [3.63, 3.8) is 0 Å². The Morgan fingerprint density at radius 3 is 2.33 bits per heavy atom. The molecule has 2 aromatic carbocycles. The molecule has 1 saturated heterocycles. The third-order valence-corrected chi connectivity index (χ3v) is 7.54. The number of halogens is 5. The fourth-order valence-corrected chi connectivity index (χ4v) is 5.60. The number of hydrogen-bond donors (Lipinski definition) is 0. The lowest BCUT2D eigenvalue weighted by Crippen LogP contribution is -2.34. The first kappa shape index (κ1) is 26.7. The van der Waals surface area contributed by atoms with Crippen molar-refractivity contribution in [1.29, 1.82) is 0 Å². The molecule has 0 amide bonds. The minimum absolute atomic E-state index is 0.105. The molecular weight excluding hydrogens is 479 g/mol. The van der Waals surface area contributed by atoms with Gasteiger partial charge in [0.1, 0.15) is 11.6 Å². The molecule has 0 bridgehead atoms. The highest BCUT2D eigenvalue weighted by Crippen LogP contribution is 2.42. The maximum Gasteiger partial charge on any atom is 0.429 e. The summed E-state index contributed by atoms with van der Waals surface area (Å²) in [6.45, 7) is 1.77. The lowest BCUT2D eigenvalue weighted by Gasteiger charge is -2.38. The number of alkyl halides is 3. The molecule has 0 N–H and O–H groups in total. The van der Waals surface area contributed by atoms with Gasteiger partial charge < -0.3 is 14.2 Å². The van der Waals surface area contributed by atoms with Gasteiger partial charge in [0, 0.05) is 12.7 Å². The van der Waals surface area contributed by atoms with Crippen LogP contribution in [0.2, 0.25) is 0 Å². The molecule has 2 aromatic rings. The summed E-state index contributed by atoms with van der Waals surface area (Å²) >= 11 is 0. The van der Waals surface area contributed by atoms with Crippen LogP contribution in [0.4, 0.5) is 22.0 Å². The zero-order chi connectivity index (χ0) is 25.7. The van der Waals surface area contributed by atoms with Gasteiger partial charge in [0.05, 0.1) is 11.7 Å². The maximum atomic E-state index is 14.8. The average Bonchev–Trinajstić information content (AvgIpc) is 2.86. The van der Waals surface area contributed by atoms with Gasteiger partial charge in [-0.1, -0.05) is 19.4 Å². The fraction of sp³-hybridized carbons (Fsp3) is 0.571. The van der Waals surface area contributed by atoms with Gasteiger partial charge in [-0.2, -0.15) is 8.78 Å². The number of benzene rings is 2. The largest absolute Gasteiger partial charge is 0.460 e. The Morgan fingerprint density at radius 1 is 0.944 bits per heavy atom. The second-order valence-corrected chi connectivity index (χ2v) is 9.92. The van der Waals surface area contributed by atoms with Crippen LogP contribution in [0.1, 0.15) is 75.3 Å². The minimum atomic E-state index is -4.02. The first-order valence-electron chi connectivity index (χ1n) is 12.8. The van der Waals surface area contributed by atoms with Crippen LogP contribution < -0.4 is 9.47 Å². The van der Waals surface area contributed by atoms with Gasteiger partial charge in [0.15, 0.2) is 11.6 Å². The molecule has 2 fully saturated rings. The summed E-state index contributed by atoms with van der Waals surface area (Å²) in [4.78, 5) is 0. The Balaban J connectivity index is 1.35. The molecule has 36 heavy (non-hydrogen) atoms. The quantitative estimate of drug-likeness (QED) is 0.317. The third-order valence-electron chi connectivity index (χ3n) is 7.54. The molecule has 8 heteroatoms. The van der Waals surface area contributed by atoms with Crippen molar-refractivity contribution in [2.45, 2.75) is 76.4 Å². The van der Waals surface area contributed by atoms with Crippen LogP contribution in [0.15, 0.2) is 36.4 Å². The number of hydrogen-bond acceptors (Lipinski definition) is 3.